The molecule has 0 aliphatic carbocycles. The molecule has 5 N–H and O–H groups in total. The van der Waals surface area contributed by atoms with E-state index in [1.54, 1.807) is 6.07 Å². The van der Waals surface area contributed by atoms with Crippen LogP contribution in [0.2, 0.25) is 0 Å². The van der Waals surface area contributed by atoms with Crippen LogP contribution in [0.1, 0.15) is 5.56 Å². The molecule has 4 nitrogen and oxygen atoms in total. The largest absolute Gasteiger partial charge is 0.490 e. The maximum atomic E-state index is 8.78. The van der Waals surface area contributed by atoms with E-state index in [4.69, 9.17) is 20.9 Å². The molecule has 0 saturated carbocycles. The first-order chi connectivity index (χ1) is 5.65. The summed E-state index contributed by atoms with van der Waals surface area (Å²) >= 11 is 0. The lowest BCUT2D eigenvalue weighted by atomic mass is 9.78. The van der Waals surface area contributed by atoms with Crippen molar-refractivity contribution in [3.63, 3.8) is 0 Å². The fourth-order valence-electron chi connectivity index (χ4n) is 0.958. The molecule has 0 spiro atoms. The average Bonchev–Trinajstić information content (AvgIpc) is 2.03. The van der Waals surface area contributed by atoms with Crippen molar-refractivity contribution in [3.05, 3.63) is 23.8 Å². The summed E-state index contributed by atoms with van der Waals surface area (Å²) in [7, 11) is -1.56. The van der Waals surface area contributed by atoms with Gasteiger partial charge in [-0.05, 0) is 11.6 Å². The highest BCUT2D eigenvalue weighted by atomic mass is 16.4. The van der Waals surface area contributed by atoms with Gasteiger partial charge in [-0.25, -0.2) is 0 Å². The van der Waals surface area contributed by atoms with Gasteiger partial charge in [0.25, 0.3) is 0 Å². The van der Waals surface area contributed by atoms with Gasteiger partial charge in [-0.1, -0.05) is 12.1 Å². The Bertz CT molecular complexity index is 277. The summed E-state index contributed by atoms with van der Waals surface area (Å²) in [5, 5.41) is 26.3. The Morgan fingerprint density at radius 1 is 1.33 bits per heavy atom. The molecule has 5 heteroatoms. The average molecular weight is 167 g/mol. The van der Waals surface area contributed by atoms with Crippen molar-refractivity contribution in [3.8, 4) is 0 Å². The highest BCUT2D eigenvalue weighted by Crippen LogP contribution is 2.04. The first-order valence-corrected chi connectivity index (χ1v) is 3.50. The number of nitrogens with two attached hydrogens (primary N) is 1. The normalized spacial score (nSPS) is 9.92. The summed E-state index contributed by atoms with van der Waals surface area (Å²) < 4.78 is 0. The van der Waals surface area contributed by atoms with Gasteiger partial charge < -0.3 is 20.9 Å². The van der Waals surface area contributed by atoms with Gasteiger partial charge in [-0.2, -0.15) is 0 Å². The summed E-state index contributed by atoms with van der Waals surface area (Å²) in [5.74, 6) is 0. The van der Waals surface area contributed by atoms with Crippen LogP contribution in [0.3, 0.4) is 0 Å². The Morgan fingerprint density at radius 3 is 2.42 bits per heavy atom. The van der Waals surface area contributed by atoms with E-state index in [0.717, 1.165) is 0 Å². The van der Waals surface area contributed by atoms with E-state index in [-0.39, 0.29) is 17.8 Å². The van der Waals surface area contributed by atoms with Crippen molar-refractivity contribution in [1.82, 2.24) is 0 Å². The van der Waals surface area contributed by atoms with Crippen molar-refractivity contribution in [2.45, 2.75) is 6.61 Å². The van der Waals surface area contributed by atoms with E-state index >= 15 is 0 Å². The fourth-order valence-corrected chi connectivity index (χ4v) is 0.958. The number of rotatable bonds is 2. The van der Waals surface area contributed by atoms with E-state index in [1.807, 2.05) is 0 Å². The number of aliphatic hydroxyl groups is 1. The topological polar surface area (TPSA) is 86.7 Å². The fraction of sp³-hybridized carbons (Fsp3) is 0.143. The van der Waals surface area contributed by atoms with Gasteiger partial charge in [0.15, 0.2) is 0 Å². The third kappa shape index (κ3) is 1.76. The van der Waals surface area contributed by atoms with Crippen LogP contribution in [0.4, 0.5) is 5.69 Å². The van der Waals surface area contributed by atoms with Crippen LogP contribution in [0, 0.1) is 0 Å². The van der Waals surface area contributed by atoms with Gasteiger partial charge >= 0.3 is 7.12 Å². The lowest BCUT2D eigenvalue weighted by molar-refractivity contribution is 0.282. The zero-order chi connectivity index (χ0) is 9.14. The molecule has 1 aromatic rings. The molecular formula is C7H10BNO3. The summed E-state index contributed by atoms with van der Waals surface area (Å²) in [6.07, 6.45) is 0. The van der Waals surface area contributed by atoms with Gasteiger partial charge in [-0.3, -0.25) is 0 Å². The molecule has 0 heterocycles. The molecule has 0 fully saturated rings. The van der Waals surface area contributed by atoms with Crippen molar-refractivity contribution in [1.29, 1.82) is 0 Å². The second kappa shape index (κ2) is 3.58. The number of anilines is 1. The molecule has 64 valence electrons. The third-order valence-corrected chi connectivity index (χ3v) is 1.61. The first-order valence-electron chi connectivity index (χ1n) is 3.50. The van der Waals surface area contributed by atoms with Crippen LogP contribution >= 0.6 is 0 Å². The lowest BCUT2D eigenvalue weighted by Crippen LogP contribution is -2.32. The van der Waals surface area contributed by atoms with Gasteiger partial charge in [0.05, 0.1) is 6.61 Å². The van der Waals surface area contributed by atoms with Crippen LogP contribution in [-0.2, 0) is 6.61 Å². The Labute approximate surface area is 70.4 Å². The standard InChI is InChI=1S/C7H10BNO3/c9-7-3-5(4-10)1-2-6(7)8(11)12/h1-3,10-12H,4,9H2. The van der Waals surface area contributed by atoms with E-state index in [9.17, 15) is 0 Å². The molecule has 0 aromatic heterocycles. The minimum atomic E-state index is -1.56. The number of hydrogen-bond donors (Lipinski definition) is 4. The monoisotopic (exact) mass is 167 g/mol. The molecule has 1 aromatic carbocycles. The lowest BCUT2D eigenvalue weighted by Gasteiger charge is -2.05. The first kappa shape index (κ1) is 9.06. The van der Waals surface area contributed by atoms with Gasteiger partial charge in [0.2, 0.25) is 0 Å². The Morgan fingerprint density at radius 2 is 2.00 bits per heavy atom. The summed E-state index contributed by atoms with van der Waals surface area (Å²) in [6, 6.07) is 4.57. The Hall–Kier alpha value is -1.04. The van der Waals surface area contributed by atoms with Gasteiger partial charge in [0.1, 0.15) is 0 Å². The van der Waals surface area contributed by atoms with Gasteiger partial charge in [-0.15, -0.1) is 0 Å². The van der Waals surface area contributed by atoms with Crippen molar-refractivity contribution < 1.29 is 15.2 Å². The van der Waals surface area contributed by atoms with Crippen LogP contribution in [0.25, 0.3) is 0 Å². The molecule has 12 heavy (non-hydrogen) atoms. The van der Waals surface area contributed by atoms with E-state index in [0.29, 0.717) is 5.56 Å². The Balaban J connectivity index is 3.03. The van der Waals surface area contributed by atoms with Gasteiger partial charge in [0, 0.05) is 11.2 Å². The van der Waals surface area contributed by atoms with Crippen molar-refractivity contribution in [2.75, 3.05) is 5.73 Å². The molecule has 0 atom stereocenters. The van der Waals surface area contributed by atoms with Crippen molar-refractivity contribution >= 4 is 18.3 Å². The highest BCUT2D eigenvalue weighted by Gasteiger charge is 2.13. The molecule has 0 aliphatic rings. The predicted molar refractivity (Wildman–Crippen MR) is 46.6 cm³/mol. The van der Waals surface area contributed by atoms with Crippen LogP contribution in [0.15, 0.2) is 18.2 Å². The van der Waals surface area contributed by atoms with E-state index < -0.39 is 7.12 Å². The molecule has 0 radical (unpaired) electrons. The molecule has 0 amide bonds. The molecule has 0 aliphatic heterocycles. The predicted octanol–water partition coefficient (Wildman–Crippen LogP) is -1.56. The molecule has 0 saturated heterocycles. The minimum Gasteiger partial charge on any atom is -0.423 e. The SMILES string of the molecule is Nc1cc(CO)ccc1B(O)O. The zero-order valence-electron chi connectivity index (χ0n) is 6.44. The number of nitrogen functional groups attached to an aromatic ring is 1. The second-order valence-corrected chi connectivity index (χ2v) is 2.50. The molecular weight excluding hydrogens is 157 g/mol. The summed E-state index contributed by atoms with van der Waals surface area (Å²) in [5.41, 5.74) is 6.65. The van der Waals surface area contributed by atoms with Crippen LogP contribution < -0.4 is 11.2 Å². The van der Waals surface area contributed by atoms with E-state index in [2.05, 4.69) is 0 Å². The highest BCUT2D eigenvalue weighted by molar-refractivity contribution is 6.60. The number of benzene rings is 1. The number of aliphatic hydroxyl groups excluding tert-OH is 1. The van der Waals surface area contributed by atoms with Crippen LogP contribution in [0.5, 0.6) is 0 Å². The summed E-state index contributed by atoms with van der Waals surface area (Å²) in [6.45, 7) is -0.105. The maximum Gasteiger partial charge on any atom is 0.490 e. The summed E-state index contributed by atoms with van der Waals surface area (Å²) in [4.78, 5) is 0. The second-order valence-electron chi connectivity index (χ2n) is 2.50. The van der Waals surface area contributed by atoms with Crippen molar-refractivity contribution in [2.24, 2.45) is 0 Å². The molecule has 0 bridgehead atoms. The van der Waals surface area contributed by atoms with Crippen LogP contribution in [-0.4, -0.2) is 22.3 Å². The molecule has 0 unspecified atom stereocenters. The number of hydrogen-bond acceptors (Lipinski definition) is 4. The Kier molecular flexibility index (Phi) is 2.70. The minimum absolute atomic E-state index is 0.105. The molecule has 1 rings (SSSR count). The third-order valence-electron chi connectivity index (χ3n) is 1.61. The smallest absolute Gasteiger partial charge is 0.423 e. The van der Waals surface area contributed by atoms with E-state index in [1.165, 1.54) is 12.1 Å². The zero-order valence-corrected chi connectivity index (χ0v) is 6.44. The maximum absolute atomic E-state index is 8.78. The quantitative estimate of drug-likeness (QED) is 0.317.